The Balaban J connectivity index is 2.88. The van der Waals surface area contributed by atoms with Crippen molar-refractivity contribution in [3.05, 3.63) is 34.9 Å². The van der Waals surface area contributed by atoms with Gasteiger partial charge >= 0.3 is 5.97 Å². The van der Waals surface area contributed by atoms with Crippen molar-refractivity contribution >= 4 is 18.5 Å². The smallest absolute Gasteiger partial charge is 0.303 e. The number of carboxylic acids is 1. The van der Waals surface area contributed by atoms with Gasteiger partial charge in [0.05, 0.1) is 0 Å². The van der Waals surface area contributed by atoms with Gasteiger partial charge in [-0.1, -0.05) is 12.1 Å². The zero-order valence-electron chi connectivity index (χ0n) is 7.97. The minimum absolute atomic E-state index is 0.0126. The van der Waals surface area contributed by atoms with E-state index in [0.29, 0.717) is 30.1 Å². The first-order chi connectivity index (χ1) is 7.17. The second kappa shape index (κ2) is 5.05. The van der Waals surface area contributed by atoms with Gasteiger partial charge in [0, 0.05) is 17.5 Å². The highest BCUT2D eigenvalue weighted by Crippen LogP contribution is 2.10. The van der Waals surface area contributed by atoms with E-state index in [1.807, 2.05) is 0 Å². The molecule has 0 fully saturated rings. The first kappa shape index (κ1) is 11.1. The third kappa shape index (κ3) is 3.02. The van der Waals surface area contributed by atoms with E-state index < -0.39 is 5.97 Å². The number of aliphatic carboxylic acids is 1. The van der Waals surface area contributed by atoms with Crippen LogP contribution in [0.3, 0.4) is 0 Å². The van der Waals surface area contributed by atoms with Crippen molar-refractivity contribution in [3.8, 4) is 0 Å². The lowest BCUT2D eigenvalue weighted by atomic mass is 10.0. The van der Waals surface area contributed by atoms with Gasteiger partial charge in [-0.2, -0.15) is 0 Å². The standard InChI is InChI=1S/C11H10O4/c12-6-9-3-1-8(2-4-11(14)15)5-10(9)7-13/h1,3,5-7H,2,4H2,(H,14,15). The molecule has 0 unspecified atom stereocenters. The van der Waals surface area contributed by atoms with E-state index in [0.717, 1.165) is 5.56 Å². The van der Waals surface area contributed by atoms with Crippen LogP contribution in [0.25, 0.3) is 0 Å². The summed E-state index contributed by atoms with van der Waals surface area (Å²) in [6.45, 7) is 0. The van der Waals surface area contributed by atoms with E-state index >= 15 is 0 Å². The van der Waals surface area contributed by atoms with E-state index in [1.54, 1.807) is 12.1 Å². The lowest BCUT2D eigenvalue weighted by molar-refractivity contribution is -0.136. The fourth-order valence-electron chi connectivity index (χ4n) is 1.24. The van der Waals surface area contributed by atoms with Crippen LogP contribution in [0, 0.1) is 0 Å². The van der Waals surface area contributed by atoms with Gasteiger partial charge < -0.3 is 5.11 Å². The molecule has 0 bridgehead atoms. The molecule has 0 aliphatic rings. The molecular formula is C11H10O4. The molecule has 1 N–H and O–H groups in total. The fraction of sp³-hybridized carbons (Fsp3) is 0.182. The summed E-state index contributed by atoms with van der Waals surface area (Å²) in [4.78, 5) is 31.4. The van der Waals surface area contributed by atoms with Crippen molar-refractivity contribution in [2.24, 2.45) is 0 Å². The van der Waals surface area contributed by atoms with Gasteiger partial charge in [-0.05, 0) is 18.1 Å². The quantitative estimate of drug-likeness (QED) is 0.737. The number of carbonyl (C=O) groups is 3. The zero-order chi connectivity index (χ0) is 11.3. The summed E-state index contributed by atoms with van der Waals surface area (Å²) in [5.41, 5.74) is 1.36. The van der Waals surface area contributed by atoms with Crippen LogP contribution in [-0.4, -0.2) is 23.6 Å². The van der Waals surface area contributed by atoms with E-state index in [1.165, 1.54) is 6.07 Å². The van der Waals surface area contributed by atoms with Gasteiger partial charge in [0.1, 0.15) is 0 Å². The molecule has 0 spiro atoms. The molecule has 0 saturated heterocycles. The summed E-state index contributed by atoms with van der Waals surface area (Å²) in [6, 6.07) is 4.72. The highest BCUT2D eigenvalue weighted by molar-refractivity contribution is 5.90. The molecule has 0 radical (unpaired) electrons. The number of benzene rings is 1. The van der Waals surface area contributed by atoms with Crippen molar-refractivity contribution in [2.75, 3.05) is 0 Å². The van der Waals surface area contributed by atoms with E-state index in [2.05, 4.69) is 0 Å². The van der Waals surface area contributed by atoms with Gasteiger partial charge in [-0.15, -0.1) is 0 Å². The van der Waals surface area contributed by atoms with Crippen LogP contribution in [0.2, 0.25) is 0 Å². The lowest BCUT2D eigenvalue weighted by Gasteiger charge is -2.01. The summed E-state index contributed by atoms with van der Waals surface area (Å²) >= 11 is 0. The van der Waals surface area contributed by atoms with Crippen LogP contribution in [0.1, 0.15) is 32.7 Å². The van der Waals surface area contributed by atoms with Crippen molar-refractivity contribution in [3.63, 3.8) is 0 Å². The molecule has 0 heterocycles. The monoisotopic (exact) mass is 206 g/mol. The maximum Gasteiger partial charge on any atom is 0.303 e. The van der Waals surface area contributed by atoms with Gasteiger partial charge in [0.25, 0.3) is 0 Å². The number of carbonyl (C=O) groups excluding carboxylic acids is 2. The lowest BCUT2D eigenvalue weighted by Crippen LogP contribution is -1.99. The number of rotatable bonds is 5. The van der Waals surface area contributed by atoms with Crippen molar-refractivity contribution < 1.29 is 19.5 Å². The topological polar surface area (TPSA) is 71.4 Å². The Hall–Kier alpha value is -1.97. The predicted octanol–water partition coefficient (Wildman–Crippen LogP) is 1.33. The predicted molar refractivity (Wildman–Crippen MR) is 53.2 cm³/mol. The SMILES string of the molecule is O=Cc1ccc(CCC(=O)O)cc1C=O. The highest BCUT2D eigenvalue weighted by Gasteiger charge is 2.04. The summed E-state index contributed by atoms with van der Waals surface area (Å²) in [6.07, 6.45) is 1.56. The first-order valence-corrected chi connectivity index (χ1v) is 4.42. The largest absolute Gasteiger partial charge is 0.481 e. The molecule has 1 aromatic carbocycles. The Morgan fingerprint density at radius 1 is 1.20 bits per heavy atom. The molecule has 0 aliphatic heterocycles. The van der Waals surface area contributed by atoms with Crippen LogP contribution < -0.4 is 0 Å². The average molecular weight is 206 g/mol. The number of carboxylic acid groups (broad SMARTS) is 1. The van der Waals surface area contributed by atoms with Crippen molar-refractivity contribution in [1.82, 2.24) is 0 Å². The second-order valence-corrected chi connectivity index (χ2v) is 3.09. The molecule has 4 heteroatoms. The Labute approximate surface area is 86.5 Å². The number of aryl methyl sites for hydroxylation is 1. The summed E-state index contributed by atoms with van der Waals surface area (Å²) in [7, 11) is 0. The third-order valence-electron chi connectivity index (χ3n) is 2.03. The normalized spacial score (nSPS) is 9.60. The Morgan fingerprint density at radius 3 is 2.40 bits per heavy atom. The third-order valence-corrected chi connectivity index (χ3v) is 2.03. The maximum absolute atomic E-state index is 10.6. The van der Waals surface area contributed by atoms with E-state index in [4.69, 9.17) is 5.11 Å². The van der Waals surface area contributed by atoms with Crippen LogP contribution in [0.15, 0.2) is 18.2 Å². The first-order valence-electron chi connectivity index (χ1n) is 4.42. The molecule has 15 heavy (non-hydrogen) atoms. The van der Waals surface area contributed by atoms with Crippen LogP contribution in [0.4, 0.5) is 0 Å². The van der Waals surface area contributed by atoms with Crippen molar-refractivity contribution in [2.45, 2.75) is 12.8 Å². The Kier molecular flexibility index (Phi) is 3.74. The molecule has 0 aromatic heterocycles. The summed E-state index contributed by atoms with van der Waals surface area (Å²) in [5, 5.41) is 8.48. The van der Waals surface area contributed by atoms with E-state index in [9.17, 15) is 14.4 Å². The van der Waals surface area contributed by atoms with Gasteiger partial charge in [0.2, 0.25) is 0 Å². The Morgan fingerprint density at radius 2 is 1.87 bits per heavy atom. The number of hydrogen-bond acceptors (Lipinski definition) is 3. The number of hydrogen-bond donors (Lipinski definition) is 1. The van der Waals surface area contributed by atoms with Crippen LogP contribution >= 0.6 is 0 Å². The van der Waals surface area contributed by atoms with Crippen molar-refractivity contribution in [1.29, 1.82) is 0 Å². The van der Waals surface area contributed by atoms with E-state index in [-0.39, 0.29) is 6.42 Å². The molecule has 0 atom stereocenters. The molecule has 1 rings (SSSR count). The van der Waals surface area contributed by atoms with Gasteiger partial charge in [0.15, 0.2) is 12.6 Å². The van der Waals surface area contributed by atoms with Gasteiger partial charge in [-0.3, -0.25) is 14.4 Å². The van der Waals surface area contributed by atoms with Crippen LogP contribution in [-0.2, 0) is 11.2 Å². The molecule has 0 amide bonds. The molecule has 78 valence electrons. The minimum atomic E-state index is -0.887. The Bertz CT molecular complexity index is 396. The summed E-state index contributed by atoms with van der Waals surface area (Å²) in [5.74, 6) is -0.887. The molecule has 4 nitrogen and oxygen atoms in total. The number of aldehydes is 2. The molecule has 0 saturated carbocycles. The minimum Gasteiger partial charge on any atom is -0.481 e. The van der Waals surface area contributed by atoms with Crippen LogP contribution in [0.5, 0.6) is 0 Å². The second-order valence-electron chi connectivity index (χ2n) is 3.09. The summed E-state index contributed by atoms with van der Waals surface area (Å²) < 4.78 is 0. The van der Waals surface area contributed by atoms with Gasteiger partial charge in [-0.25, -0.2) is 0 Å². The average Bonchev–Trinajstić information content (AvgIpc) is 2.25. The molecule has 1 aromatic rings. The zero-order valence-corrected chi connectivity index (χ0v) is 7.97. The fourth-order valence-corrected chi connectivity index (χ4v) is 1.24. The highest BCUT2D eigenvalue weighted by atomic mass is 16.4. The maximum atomic E-state index is 10.6. The molecular weight excluding hydrogens is 196 g/mol. The molecule has 0 aliphatic carbocycles.